The van der Waals surface area contributed by atoms with Gasteiger partial charge >= 0.3 is 5.97 Å². The van der Waals surface area contributed by atoms with Crippen LogP contribution in [0.3, 0.4) is 0 Å². The van der Waals surface area contributed by atoms with Gasteiger partial charge in [-0.15, -0.1) is 0 Å². The van der Waals surface area contributed by atoms with Crippen LogP contribution in [-0.2, 0) is 14.3 Å². The highest BCUT2D eigenvalue weighted by Gasteiger charge is 2.32. The zero-order chi connectivity index (χ0) is 13.7. The zero-order valence-corrected chi connectivity index (χ0v) is 11.3. The lowest BCUT2D eigenvalue weighted by atomic mass is 9.96. The highest BCUT2D eigenvalue weighted by molar-refractivity contribution is 5.81. The Hall–Kier alpha value is -1.10. The van der Waals surface area contributed by atoms with E-state index in [0.717, 1.165) is 45.1 Å². The Morgan fingerprint density at radius 3 is 2.63 bits per heavy atom. The topological polar surface area (TPSA) is 66.8 Å². The number of amides is 1. The van der Waals surface area contributed by atoms with Crippen LogP contribution in [0.15, 0.2) is 0 Å². The van der Waals surface area contributed by atoms with Gasteiger partial charge in [-0.2, -0.15) is 0 Å². The van der Waals surface area contributed by atoms with Gasteiger partial charge in [0.1, 0.15) is 6.10 Å². The molecule has 2 atom stereocenters. The van der Waals surface area contributed by atoms with E-state index in [-0.39, 0.29) is 24.5 Å². The first-order valence-electron chi connectivity index (χ1n) is 7.32. The summed E-state index contributed by atoms with van der Waals surface area (Å²) >= 11 is 0. The molecule has 0 aliphatic carbocycles. The fraction of sp³-hybridized carbons (Fsp3) is 0.857. The van der Waals surface area contributed by atoms with E-state index in [9.17, 15) is 9.59 Å². The molecular weight excluding hydrogens is 246 g/mol. The standard InChI is InChI=1S/C14H23NO4/c16-13(17)8-7-11-5-1-3-9-15(11)14(18)12-6-2-4-10-19-12/h11-12H,1-10H2,(H,16,17)/t11-,12+/m0/s1. The monoisotopic (exact) mass is 269 g/mol. The van der Waals surface area contributed by atoms with Crippen molar-refractivity contribution >= 4 is 11.9 Å². The first-order chi connectivity index (χ1) is 9.18. The summed E-state index contributed by atoms with van der Waals surface area (Å²) in [5, 5.41) is 8.79. The number of rotatable bonds is 4. The van der Waals surface area contributed by atoms with Crippen LogP contribution in [0.4, 0.5) is 0 Å². The lowest BCUT2D eigenvalue weighted by Crippen LogP contribution is -2.49. The van der Waals surface area contributed by atoms with E-state index in [1.54, 1.807) is 0 Å². The maximum absolute atomic E-state index is 12.5. The first kappa shape index (κ1) is 14.3. The van der Waals surface area contributed by atoms with Crippen molar-refractivity contribution in [1.82, 2.24) is 4.90 Å². The number of aliphatic carboxylic acids is 1. The normalized spacial score (nSPS) is 28.1. The lowest BCUT2D eigenvalue weighted by molar-refractivity contribution is -0.151. The molecule has 2 heterocycles. The molecule has 2 aliphatic heterocycles. The number of carboxylic acid groups (broad SMARTS) is 1. The third-order valence-electron chi connectivity index (χ3n) is 4.06. The quantitative estimate of drug-likeness (QED) is 0.845. The van der Waals surface area contributed by atoms with Crippen molar-refractivity contribution in [2.24, 2.45) is 0 Å². The van der Waals surface area contributed by atoms with Crippen LogP contribution in [-0.4, -0.2) is 47.2 Å². The van der Waals surface area contributed by atoms with Crippen LogP contribution in [0.2, 0.25) is 0 Å². The molecule has 0 bridgehead atoms. The molecule has 2 saturated heterocycles. The summed E-state index contributed by atoms with van der Waals surface area (Å²) in [6, 6.07) is 0.0860. The minimum atomic E-state index is -0.785. The molecule has 0 aromatic carbocycles. The Morgan fingerprint density at radius 2 is 1.95 bits per heavy atom. The minimum absolute atomic E-state index is 0.0785. The average molecular weight is 269 g/mol. The van der Waals surface area contributed by atoms with Crippen molar-refractivity contribution in [2.45, 2.75) is 63.5 Å². The van der Waals surface area contributed by atoms with Crippen LogP contribution >= 0.6 is 0 Å². The largest absolute Gasteiger partial charge is 0.481 e. The summed E-state index contributed by atoms with van der Waals surface area (Å²) < 4.78 is 5.56. The van der Waals surface area contributed by atoms with Gasteiger partial charge in [0, 0.05) is 25.6 Å². The van der Waals surface area contributed by atoms with Gasteiger partial charge in [-0.25, -0.2) is 0 Å². The molecule has 0 saturated carbocycles. The predicted octanol–water partition coefficient (Wildman–Crippen LogP) is 1.80. The van der Waals surface area contributed by atoms with Gasteiger partial charge in [0.15, 0.2) is 0 Å². The number of ether oxygens (including phenoxy) is 1. The van der Waals surface area contributed by atoms with Gasteiger partial charge in [0.25, 0.3) is 5.91 Å². The van der Waals surface area contributed by atoms with Gasteiger partial charge in [0.05, 0.1) is 0 Å². The minimum Gasteiger partial charge on any atom is -0.481 e. The molecule has 1 N–H and O–H groups in total. The number of piperidine rings is 1. The maximum atomic E-state index is 12.5. The molecule has 2 rings (SSSR count). The summed E-state index contributed by atoms with van der Waals surface area (Å²) in [6.45, 7) is 1.42. The highest BCUT2D eigenvalue weighted by Crippen LogP contribution is 2.24. The van der Waals surface area contributed by atoms with Crippen molar-refractivity contribution in [1.29, 1.82) is 0 Å². The van der Waals surface area contributed by atoms with Gasteiger partial charge in [-0.3, -0.25) is 9.59 Å². The molecular formula is C14H23NO4. The van der Waals surface area contributed by atoms with E-state index in [1.807, 2.05) is 4.90 Å². The van der Waals surface area contributed by atoms with Crippen LogP contribution in [0.5, 0.6) is 0 Å². The number of nitrogens with zero attached hydrogens (tertiary/aromatic N) is 1. The first-order valence-corrected chi connectivity index (χ1v) is 7.32. The van der Waals surface area contributed by atoms with E-state index in [0.29, 0.717) is 13.0 Å². The molecule has 0 aromatic rings. The summed E-state index contributed by atoms with van der Waals surface area (Å²) in [7, 11) is 0. The van der Waals surface area contributed by atoms with Crippen molar-refractivity contribution < 1.29 is 19.4 Å². The van der Waals surface area contributed by atoms with E-state index in [1.165, 1.54) is 0 Å². The number of carbonyl (C=O) groups is 2. The van der Waals surface area contributed by atoms with Crippen molar-refractivity contribution in [3.05, 3.63) is 0 Å². The fourth-order valence-corrected chi connectivity index (χ4v) is 3.00. The summed E-state index contributed by atoms with van der Waals surface area (Å²) in [5.74, 6) is -0.707. The molecule has 0 radical (unpaired) electrons. The zero-order valence-electron chi connectivity index (χ0n) is 11.3. The number of hydrogen-bond donors (Lipinski definition) is 1. The third-order valence-corrected chi connectivity index (χ3v) is 4.06. The second-order valence-corrected chi connectivity index (χ2v) is 5.47. The molecule has 19 heavy (non-hydrogen) atoms. The smallest absolute Gasteiger partial charge is 0.303 e. The van der Waals surface area contributed by atoms with Crippen LogP contribution in [0.1, 0.15) is 51.4 Å². The van der Waals surface area contributed by atoms with Gasteiger partial charge in [-0.1, -0.05) is 0 Å². The Morgan fingerprint density at radius 1 is 1.16 bits per heavy atom. The number of likely N-dealkylation sites (tertiary alicyclic amines) is 1. The number of carboxylic acids is 1. The van der Waals surface area contributed by atoms with E-state index >= 15 is 0 Å². The number of carbonyl (C=O) groups excluding carboxylic acids is 1. The van der Waals surface area contributed by atoms with Gasteiger partial charge in [-0.05, 0) is 44.9 Å². The van der Waals surface area contributed by atoms with Gasteiger partial charge < -0.3 is 14.7 Å². The lowest BCUT2D eigenvalue weighted by Gasteiger charge is -2.38. The van der Waals surface area contributed by atoms with Crippen LogP contribution in [0.25, 0.3) is 0 Å². The SMILES string of the molecule is O=C(O)CC[C@@H]1CCCCN1C(=O)[C@H]1CCCCO1. The molecule has 2 fully saturated rings. The second-order valence-electron chi connectivity index (χ2n) is 5.47. The average Bonchev–Trinajstić information content (AvgIpc) is 2.45. The number of hydrogen-bond acceptors (Lipinski definition) is 3. The Balaban J connectivity index is 1.93. The highest BCUT2D eigenvalue weighted by atomic mass is 16.5. The van der Waals surface area contributed by atoms with Crippen molar-refractivity contribution in [2.75, 3.05) is 13.2 Å². The summed E-state index contributed by atoms with van der Waals surface area (Å²) in [6.07, 6.45) is 6.32. The maximum Gasteiger partial charge on any atom is 0.303 e. The van der Waals surface area contributed by atoms with E-state index in [2.05, 4.69) is 0 Å². The summed E-state index contributed by atoms with van der Waals surface area (Å²) in [4.78, 5) is 25.0. The van der Waals surface area contributed by atoms with Crippen molar-refractivity contribution in [3.8, 4) is 0 Å². The van der Waals surface area contributed by atoms with E-state index in [4.69, 9.17) is 9.84 Å². The Bertz CT molecular complexity index is 325. The molecule has 0 spiro atoms. The second kappa shape index (κ2) is 6.89. The van der Waals surface area contributed by atoms with Crippen LogP contribution in [0, 0.1) is 0 Å². The Kier molecular flexibility index (Phi) is 5.19. The van der Waals surface area contributed by atoms with E-state index < -0.39 is 5.97 Å². The predicted molar refractivity (Wildman–Crippen MR) is 69.8 cm³/mol. The molecule has 0 unspecified atom stereocenters. The Labute approximate surface area is 113 Å². The van der Waals surface area contributed by atoms with Gasteiger partial charge in [0.2, 0.25) is 0 Å². The molecule has 5 heteroatoms. The van der Waals surface area contributed by atoms with Crippen LogP contribution < -0.4 is 0 Å². The summed E-state index contributed by atoms with van der Waals surface area (Å²) in [5.41, 5.74) is 0. The molecule has 1 amide bonds. The van der Waals surface area contributed by atoms with Crippen molar-refractivity contribution in [3.63, 3.8) is 0 Å². The molecule has 0 aromatic heterocycles. The fourth-order valence-electron chi connectivity index (χ4n) is 3.00. The third kappa shape index (κ3) is 3.93. The molecule has 108 valence electrons. The molecule has 5 nitrogen and oxygen atoms in total. The molecule has 2 aliphatic rings.